The number of carbonyl (C=O) groups is 1. The average Bonchev–Trinajstić information content (AvgIpc) is 3.11. The van der Waals surface area contributed by atoms with Crippen LogP contribution in [0.2, 0.25) is 5.02 Å². The monoisotopic (exact) mass is 306 g/mol. The molecule has 1 aromatic heterocycles. The van der Waals surface area contributed by atoms with Crippen LogP contribution >= 0.6 is 22.9 Å². The third kappa shape index (κ3) is 2.86. The Morgan fingerprint density at radius 1 is 1.40 bits per heavy atom. The first-order chi connectivity index (χ1) is 9.74. The van der Waals surface area contributed by atoms with Crippen molar-refractivity contribution in [2.24, 2.45) is 0 Å². The zero-order chi connectivity index (χ0) is 13.9. The molecule has 3 nitrogen and oxygen atoms in total. The van der Waals surface area contributed by atoms with Crippen molar-refractivity contribution in [3.63, 3.8) is 0 Å². The van der Waals surface area contributed by atoms with Crippen LogP contribution in [0.1, 0.15) is 29.5 Å². The summed E-state index contributed by atoms with van der Waals surface area (Å²) in [6, 6.07) is 7.64. The van der Waals surface area contributed by atoms with Gasteiger partial charge in [0.15, 0.2) is 0 Å². The number of carbonyl (C=O) groups excluding carboxylic acids is 1. The Bertz CT molecular complexity index is 582. The summed E-state index contributed by atoms with van der Waals surface area (Å²) in [6.45, 7) is 0.830. The molecule has 1 aliphatic rings. The number of rotatable bonds is 3. The maximum Gasteiger partial charge on any atom is 0.227 e. The Hall–Kier alpha value is -1.39. The Kier molecular flexibility index (Phi) is 4.03. The molecule has 0 N–H and O–H groups in total. The molecule has 2 heterocycles. The van der Waals surface area contributed by atoms with Gasteiger partial charge >= 0.3 is 0 Å². The van der Waals surface area contributed by atoms with Crippen LogP contribution in [-0.4, -0.2) is 22.3 Å². The predicted octanol–water partition coefficient (Wildman–Crippen LogP) is 3.70. The van der Waals surface area contributed by atoms with E-state index in [9.17, 15) is 4.79 Å². The van der Waals surface area contributed by atoms with Gasteiger partial charge in [0.25, 0.3) is 0 Å². The van der Waals surface area contributed by atoms with Gasteiger partial charge in [-0.15, -0.1) is 11.3 Å². The fourth-order valence-corrected chi connectivity index (χ4v) is 3.51. The summed E-state index contributed by atoms with van der Waals surface area (Å²) >= 11 is 7.49. The summed E-state index contributed by atoms with van der Waals surface area (Å²) in [6.07, 6.45) is 4.30. The minimum Gasteiger partial charge on any atom is -0.333 e. The van der Waals surface area contributed by atoms with Crippen molar-refractivity contribution in [3.05, 3.63) is 51.4 Å². The molecule has 1 aliphatic heterocycles. The molecule has 20 heavy (non-hydrogen) atoms. The fourth-order valence-electron chi connectivity index (χ4n) is 2.60. The molecular weight excluding hydrogens is 292 g/mol. The van der Waals surface area contributed by atoms with Crippen molar-refractivity contribution in [2.75, 3.05) is 6.54 Å². The van der Waals surface area contributed by atoms with Crippen LogP contribution in [0.15, 0.2) is 35.8 Å². The van der Waals surface area contributed by atoms with Crippen LogP contribution < -0.4 is 0 Å². The zero-order valence-electron chi connectivity index (χ0n) is 11.0. The Morgan fingerprint density at radius 3 is 2.90 bits per heavy atom. The number of halogens is 1. The number of aromatic nitrogens is 1. The maximum absolute atomic E-state index is 12.5. The van der Waals surface area contributed by atoms with Crippen molar-refractivity contribution >= 4 is 28.8 Å². The van der Waals surface area contributed by atoms with Crippen LogP contribution in [-0.2, 0) is 11.2 Å². The molecule has 104 valence electrons. The Morgan fingerprint density at radius 2 is 2.20 bits per heavy atom. The lowest BCUT2D eigenvalue weighted by molar-refractivity contribution is -0.131. The molecule has 0 spiro atoms. The van der Waals surface area contributed by atoms with E-state index in [1.807, 2.05) is 34.5 Å². The molecule has 0 saturated carbocycles. The van der Waals surface area contributed by atoms with Crippen molar-refractivity contribution in [3.8, 4) is 0 Å². The Labute approximate surface area is 127 Å². The van der Waals surface area contributed by atoms with Crippen molar-refractivity contribution in [1.29, 1.82) is 0 Å². The minimum absolute atomic E-state index is 0.162. The van der Waals surface area contributed by atoms with Crippen LogP contribution in [0.5, 0.6) is 0 Å². The van der Waals surface area contributed by atoms with E-state index in [4.69, 9.17) is 11.6 Å². The van der Waals surface area contributed by atoms with Crippen LogP contribution in [0.3, 0.4) is 0 Å². The van der Waals surface area contributed by atoms with E-state index >= 15 is 0 Å². The van der Waals surface area contributed by atoms with Gasteiger partial charge in [0.2, 0.25) is 5.91 Å². The zero-order valence-corrected chi connectivity index (χ0v) is 12.5. The lowest BCUT2D eigenvalue weighted by Crippen LogP contribution is -2.31. The summed E-state index contributed by atoms with van der Waals surface area (Å²) < 4.78 is 0. The van der Waals surface area contributed by atoms with E-state index in [1.54, 1.807) is 17.5 Å². The van der Waals surface area contributed by atoms with E-state index in [-0.39, 0.29) is 11.9 Å². The molecule has 3 rings (SSSR count). The summed E-state index contributed by atoms with van der Waals surface area (Å²) in [4.78, 5) is 18.8. The molecule has 0 bridgehead atoms. The second-order valence-electron chi connectivity index (χ2n) is 4.92. The highest BCUT2D eigenvalue weighted by Crippen LogP contribution is 2.33. The molecule has 1 unspecified atom stereocenters. The molecule has 1 fully saturated rings. The molecule has 0 radical (unpaired) electrons. The van der Waals surface area contributed by atoms with Gasteiger partial charge in [-0.1, -0.05) is 23.7 Å². The Balaban J connectivity index is 1.71. The van der Waals surface area contributed by atoms with Crippen LogP contribution in [0, 0.1) is 0 Å². The van der Waals surface area contributed by atoms with Gasteiger partial charge in [0, 0.05) is 23.1 Å². The van der Waals surface area contributed by atoms with Gasteiger partial charge in [-0.05, 0) is 30.5 Å². The van der Waals surface area contributed by atoms with Gasteiger partial charge in [-0.25, -0.2) is 4.98 Å². The van der Waals surface area contributed by atoms with Gasteiger partial charge in [-0.2, -0.15) is 0 Å². The van der Waals surface area contributed by atoms with Crippen molar-refractivity contribution in [2.45, 2.75) is 25.3 Å². The second kappa shape index (κ2) is 5.94. The van der Waals surface area contributed by atoms with Gasteiger partial charge in [-0.3, -0.25) is 4.79 Å². The normalized spacial score (nSPS) is 18.4. The van der Waals surface area contributed by atoms with Crippen LogP contribution in [0.25, 0.3) is 0 Å². The number of amides is 1. The van der Waals surface area contributed by atoms with Gasteiger partial charge < -0.3 is 4.90 Å². The lowest BCUT2D eigenvalue weighted by atomic mass is 10.1. The molecule has 1 aromatic carbocycles. The SMILES string of the molecule is O=C(Cc1ccc(Cl)cc1)N1CCCC1c1nccs1. The number of likely N-dealkylation sites (tertiary alicyclic amines) is 1. The van der Waals surface area contributed by atoms with Gasteiger partial charge in [0.05, 0.1) is 12.5 Å². The topological polar surface area (TPSA) is 33.2 Å². The number of nitrogens with zero attached hydrogens (tertiary/aromatic N) is 2. The maximum atomic E-state index is 12.5. The highest BCUT2D eigenvalue weighted by Gasteiger charge is 2.31. The number of hydrogen-bond donors (Lipinski definition) is 0. The third-order valence-electron chi connectivity index (χ3n) is 3.58. The first-order valence-corrected chi connectivity index (χ1v) is 7.93. The van der Waals surface area contributed by atoms with Crippen molar-refractivity contribution < 1.29 is 4.79 Å². The number of hydrogen-bond acceptors (Lipinski definition) is 3. The highest BCUT2D eigenvalue weighted by atomic mass is 35.5. The predicted molar refractivity (Wildman–Crippen MR) is 81.0 cm³/mol. The van der Waals surface area contributed by atoms with E-state index in [0.29, 0.717) is 11.4 Å². The lowest BCUT2D eigenvalue weighted by Gasteiger charge is -2.23. The van der Waals surface area contributed by atoms with E-state index in [1.165, 1.54) is 0 Å². The smallest absolute Gasteiger partial charge is 0.227 e. The quantitative estimate of drug-likeness (QED) is 0.866. The van der Waals surface area contributed by atoms with E-state index in [2.05, 4.69) is 4.98 Å². The first-order valence-electron chi connectivity index (χ1n) is 6.67. The molecule has 5 heteroatoms. The summed E-state index contributed by atoms with van der Waals surface area (Å²) in [5, 5.41) is 3.71. The second-order valence-corrected chi connectivity index (χ2v) is 6.28. The fraction of sp³-hybridized carbons (Fsp3) is 0.333. The molecule has 0 aliphatic carbocycles. The summed E-state index contributed by atoms with van der Waals surface area (Å²) in [7, 11) is 0. The summed E-state index contributed by atoms with van der Waals surface area (Å²) in [5.74, 6) is 0.171. The standard InChI is InChI=1S/C15H15ClN2OS/c16-12-5-3-11(4-6-12)10-14(19)18-8-1-2-13(18)15-17-7-9-20-15/h3-7,9,13H,1-2,8,10H2. The molecule has 1 atom stereocenters. The highest BCUT2D eigenvalue weighted by molar-refractivity contribution is 7.09. The third-order valence-corrected chi connectivity index (χ3v) is 4.71. The average molecular weight is 307 g/mol. The van der Waals surface area contributed by atoms with E-state index < -0.39 is 0 Å². The summed E-state index contributed by atoms with van der Waals surface area (Å²) in [5.41, 5.74) is 1.00. The number of benzene rings is 1. The molecule has 1 amide bonds. The van der Waals surface area contributed by atoms with Crippen molar-refractivity contribution in [1.82, 2.24) is 9.88 Å². The molecule has 1 saturated heterocycles. The molecular formula is C15H15ClN2OS. The number of thiazole rings is 1. The first kappa shape index (κ1) is 13.6. The van der Waals surface area contributed by atoms with Gasteiger partial charge in [0.1, 0.15) is 5.01 Å². The largest absolute Gasteiger partial charge is 0.333 e. The minimum atomic E-state index is 0.162. The van der Waals surface area contributed by atoms with Crippen LogP contribution in [0.4, 0.5) is 0 Å². The van der Waals surface area contributed by atoms with E-state index in [0.717, 1.165) is 30.0 Å². The molecule has 2 aromatic rings.